The quantitative estimate of drug-likeness (QED) is 0.616. The van der Waals surface area contributed by atoms with Gasteiger partial charge in [-0.25, -0.2) is 0 Å². The second-order valence-electron chi connectivity index (χ2n) is 5.36. The summed E-state index contributed by atoms with van der Waals surface area (Å²) in [6.45, 7) is 0.660. The number of nitrogens with zero attached hydrogens (tertiary/aromatic N) is 2. The smallest absolute Gasteiger partial charge is 0.118 e. The molecule has 124 valence electrons. The Labute approximate surface area is 148 Å². The molecule has 0 fully saturated rings. The molecule has 0 atom stereocenters. The first-order valence-electron chi connectivity index (χ1n) is 7.63. The van der Waals surface area contributed by atoms with Crippen LogP contribution in [0.4, 0.5) is 0 Å². The van der Waals surface area contributed by atoms with Gasteiger partial charge in [0.2, 0.25) is 0 Å². The topological polar surface area (TPSA) is 26.5 Å². The summed E-state index contributed by atoms with van der Waals surface area (Å²) in [4.78, 5) is 4.49. The molecule has 0 N–H and O–H groups in total. The number of hydrogen-bond donors (Lipinski definition) is 0. The van der Waals surface area contributed by atoms with E-state index in [4.69, 9.17) is 4.74 Å². The number of benzene rings is 2. The van der Waals surface area contributed by atoms with Gasteiger partial charge in [-0.15, -0.1) is 12.4 Å². The van der Waals surface area contributed by atoms with Crippen LogP contribution in [0.5, 0.6) is 5.75 Å². The summed E-state index contributed by atoms with van der Waals surface area (Å²) in [7, 11) is 3.74. The van der Waals surface area contributed by atoms with Crippen LogP contribution >= 0.6 is 12.4 Å². The maximum absolute atomic E-state index is 5.15. The number of methoxy groups -OCH3 is 1. The first-order chi connectivity index (χ1) is 11.3. The highest BCUT2D eigenvalue weighted by Crippen LogP contribution is 2.17. The summed E-state index contributed by atoms with van der Waals surface area (Å²) in [6.07, 6.45) is 6.05. The van der Waals surface area contributed by atoms with E-state index >= 15 is 0 Å². The van der Waals surface area contributed by atoms with Gasteiger partial charge in [-0.2, -0.15) is 0 Å². The van der Waals surface area contributed by atoms with Gasteiger partial charge in [0.1, 0.15) is 5.75 Å². The van der Waals surface area contributed by atoms with E-state index in [1.54, 1.807) is 7.11 Å². The number of fused-ring (bicyclic) bond motifs is 1. The maximum Gasteiger partial charge on any atom is 0.118 e. The van der Waals surface area contributed by atoms with Gasteiger partial charge >= 0.3 is 0 Å². The minimum atomic E-state index is 0. The Balaban J connectivity index is 0.00000208. The van der Waals surface area contributed by atoms with E-state index in [0.29, 0.717) is 6.54 Å². The van der Waals surface area contributed by atoms with E-state index in [1.807, 2.05) is 30.5 Å². The lowest BCUT2D eigenvalue weighted by molar-refractivity contribution is 0.415. The second kappa shape index (κ2) is 8.37. The largest absolute Gasteiger partial charge is 0.497 e. The van der Waals surface area contributed by atoms with Crippen molar-refractivity contribution in [1.29, 1.82) is 0 Å². The van der Waals surface area contributed by atoms with Crippen LogP contribution in [0.1, 0.15) is 11.3 Å². The van der Waals surface area contributed by atoms with Crippen molar-refractivity contribution >= 4 is 35.6 Å². The van der Waals surface area contributed by atoms with Gasteiger partial charge in [0, 0.05) is 24.2 Å². The number of hydrogen-bond acceptors (Lipinski definition) is 2. The number of aliphatic imine (C=N–C) groups is 1. The van der Waals surface area contributed by atoms with Crippen LogP contribution in [-0.2, 0) is 7.05 Å². The lowest BCUT2D eigenvalue weighted by atomic mass is 10.2. The van der Waals surface area contributed by atoms with Gasteiger partial charge < -0.3 is 9.30 Å². The first kappa shape index (κ1) is 17.8. The summed E-state index contributed by atoms with van der Waals surface area (Å²) in [5.74, 6) is 0.871. The van der Waals surface area contributed by atoms with Gasteiger partial charge in [0.25, 0.3) is 0 Å². The molecule has 3 aromatic rings. The minimum Gasteiger partial charge on any atom is -0.497 e. The fourth-order valence-electron chi connectivity index (χ4n) is 2.55. The SMILES string of the molecule is COc1ccc(/C=C/CN=Cc2cc3ccccc3n2C)cc1.Cl. The zero-order valence-electron chi connectivity index (χ0n) is 13.8. The van der Waals surface area contributed by atoms with Crippen molar-refractivity contribution in [3.63, 3.8) is 0 Å². The zero-order chi connectivity index (χ0) is 16.1. The number of aromatic nitrogens is 1. The van der Waals surface area contributed by atoms with Crippen LogP contribution in [0.25, 0.3) is 17.0 Å². The number of halogens is 1. The van der Waals surface area contributed by atoms with Crippen molar-refractivity contribution in [2.45, 2.75) is 0 Å². The summed E-state index contributed by atoms with van der Waals surface area (Å²) in [6, 6.07) is 18.5. The molecule has 0 saturated heterocycles. The lowest BCUT2D eigenvalue weighted by Crippen LogP contribution is -1.94. The van der Waals surface area contributed by atoms with Crippen LogP contribution in [0.3, 0.4) is 0 Å². The predicted octanol–water partition coefficient (Wildman–Crippen LogP) is 4.74. The standard InChI is InChI=1S/C20H20N2O.ClH/c1-22-18(14-17-7-3-4-8-20(17)22)15-21-13-5-6-16-9-11-19(23-2)12-10-16;/h3-12,14-15H,13H2,1-2H3;1H/b6-5+,21-15?;. The summed E-state index contributed by atoms with van der Waals surface area (Å²) in [5, 5.41) is 1.24. The molecular formula is C20H21ClN2O. The van der Waals surface area contributed by atoms with Gasteiger partial charge in [-0.05, 0) is 29.8 Å². The van der Waals surface area contributed by atoms with E-state index in [1.165, 1.54) is 10.9 Å². The molecule has 0 aliphatic heterocycles. The molecular weight excluding hydrogens is 320 g/mol. The summed E-state index contributed by atoms with van der Waals surface area (Å²) >= 11 is 0. The normalized spacial score (nSPS) is 11.2. The van der Waals surface area contributed by atoms with Crippen molar-refractivity contribution < 1.29 is 4.74 Å². The molecule has 0 spiro atoms. The Kier molecular flexibility index (Phi) is 6.21. The highest BCUT2D eigenvalue weighted by atomic mass is 35.5. The molecule has 4 heteroatoms. The molecule has 0 amide bonds. The number of ether oxygens (including phenoxy) is 1. The van der Waals surface area contributed by atoms with E-state index in [0.717, 1.165) is 17.0 Å². The van der Waals surface area contributed by atoms with Crippen LogP contribution in [0.15, 0.2) is 65.7 Å². The average Bonchev–Trinajstić information content (AvgIpc) is 2.92. The summed E-state index contributed by atoms with van der Waals surface area (Å²) in [5.41, 5.74) is 3.48. The Morgan fingerprint density at radius 3 is 2.54 bits per heavy atom. The molecule has 0 unspecified atom stereocenters. The predicted molar refractivity (Wildman–Crippen MR) is 105 cm³/mol. The Morgan fingerprint density at radius 1 is 1.08 bits per heavy atom. The Morgan fingerprint density at radius 2 is 1.83 bits per heavy atom. The van der Waals surface area contributed by atoms with Gasteiger partial charge in [-0.1, -0.05) is 42.5 Å². The molecule has 2 aromatic carbocycles. The molecule has 3 nitrogen and oxygen atoms in total. The molecule has 0 bridgehead atoms. The zero-order valence-corrected chi connectivity index (χ0v) is 14.7. The van der Waals surface area contributed by atoms with E-state index < -0.39 is 0 Å². The first-order valence-corrected chi connectivity index (χ1v) is 7.63. The van der Waals surface area contributed by atoms with Crippen molar-refractivity contribution in [2.75, 3.05) is 13.7 Å². The van der Waals surface area contributed by atoms with E-state index in [9.17, 15) is 0 Å². The van der Waals surface area contributed by atoms with Gasteiger partial charge in [0.05, 0.1) is 19.3 Å². The van der Waals surface area contributed by atoms with E-state index in [2.05, 4.69) is 59.1 Å². The number of para-hydroxylation sites is 1. The molecule has 0 radical (unpaired) electrons. The van der Waals surface area contributed by atoms with Crippen molar-refractivity contribution in [1.82, 2.24) is 4.57 Å². The molecule has 0 aliphatic carbocycles. The minimum absolute atomic E-state index is 0. The molecule has 0 saturated carbocycles. The van der Waals surface area contributed by atoms with Crippen LogP contribution < -0.4 is 4.74 Å². The third kappa shape index (κ3) is 4.06. The van der Waals surface area contributed by atoms with Gasteiger partial charge in [-0.3, -0.25) is 4.99 Å². The molecule has 3 rings (SSSR count). The number of rotatable bonds is 5. The van der Waals surface area contributed by atoms with Crippen LogP contribution in [0, 0.1) is 0 Å². The highest BCUT2D eigenvalue weighted by Gasteiger charge is 2.01. The molecule has 1 heterocycles. The Bertz CT molecular complexity index is 848. The van der Waals surface area contributed by atoms with Gasteiger partial charge in [0.15, 0.2) is 0 Å². The molecule has 0 aliphatic rings. The van der Waals surface area contributed by atoms with Crippen molar-refractivity contribution in [3.8, 4) is 5.75 Å². The van der Waals surface area contributed by atoms with Crippen LogP contribution in [0.2, 0.25) is 0 Å². The summed E-state index contributed by atoms with van der Waals surface area (Å²) < 4.78 is 7.31. The van der Waals surface area contributed by atoms with Crippen molar-refractivity contribution in [3.05, 3.63) is 71.9 Å². The monoisotopic (exact) mass is 340 g/mol. The third-order valence-electron chi connectivity index (χ3n) is 3.85. The average molecular weight is 341 g/mol. The fourth-order valence-corrected chi connectivity index (χ4v) is 2.55. The molecule has 24 heavy (non-hydrogen) atoms. The van der Waals surface area contributed by atoms with Crippen molar-refractivity contribution in [2.24, 2.45) is 12.0 Å². The third-order valence-corrected chi connectivity index (χ3v) is 3.85. The van der Waals surface area contributed by atoms with Crippen LogP contribution in [-0.4, -0.2) is 24.4 Å². The van der Waals surface area contributed by atoms with E-state index in [-0.39, 0.29) is 12.4 Å². The Hall–Kier alpha value is -2.52. The lowest BCUT2D eigenvalue weighted by Gasteiger charge is -1.99. The maximum atomic E-state index is 5.15. The fraction of sp³-hybridized carbons (Fsp3) is 0.150. The highest BCUT2D eigenvalue weighted by molar-refractivity contribution is 5.90. The second-order valence-corrected chi connectivity index (χ2v) is 5.36. The molecule has 1 aromatic heterocycles. The number of aryl methyl sites for hydroxylation is 1.